The van der Waals surface area contributed by atoms with Crippen molar-refractivity contribution in [1.29, 1.82) is 0 Å². The Bertz CT molecular complexity index is 1500. The quantitative estimate of drug-likeness (QED) is 0.326. The number of rotatable bonds is 5. The van der Waals surface area contributed by atoms with Crippen molar-refractivity contribution in [1.82, 2.24) is 14.5 Å². The first-order chi connectivity index (χ1) is 17.7. The number of benzene rings is 2. The fraction of sp³-hybridized carbons (Fsp3) is 0.259. The van der Waals surface area contributed by atoms with Crippen LogP contribution in [0.2, 0.25) is 5.02 Å². The van der Waals surface area contributed by atoms with Gasteiger partial charge in [0.1, 0.15) is 17.3 Å². The summed E-state index contributed by atoms with van der Waals surface area (Å²) in [5.74, 6) is -2.84. The molecule has 1 aliphatic carbocycles. The van der Waals surface area contributed by atoms with Gasteiger partial charge in [-0.15, -0.1) is 0 Å². The molecule has 10 heteroatoms. The Morgan fingerprint density at radius 1 is 1.03 bits per heavy atom. The first-order valence-corrected chi connectivity index (χ1v) is 12.2. The van der Waals surface area contributed by atoms with E-state index in [0.717, 1.165) is 31.4 Å². The molecule has 2 aromatic heterocycles. The first-order valence-electron chi connectivity index (χ1n) is 11.9. The van der Waals surface area contributed by atoms with Crippen LogP contribution in [0.4, 0.5) is 14.6 Å². The van der Waals surface area contributed by atoms with Crippen LogP contribution in [0, 0.1) is 11.6 Å². The minimum Gasteiger partial charge on any atom is -0.478 e. The Kier molecular flexibility index (Phi) is 6.41. The maximum absolute atomic E-state index is 14.6. The number of hydrogen-bond acceptors (Lipinski definition) is 4. The number of nitrogens with zero attached hydrogens (tertiary/aromatic N) is 4. The van der Waals surface area contributed by atoms with Crippen LogP contribution < -0.4 is 4.90 Å². The number of aromatic nitrogens is 3. The van der Waals surface area contributed by atoms with Crippen LogP contribution in [0.25, 0.3) is 22.4 Å². The maximum Gasteiger partial charge on any atom is 0.337 e. The average molecular weight is 525 g/mol. The third-order valence-electron chi connectivity index (χ3n) is 6.82. The molecule has 0 atom stereocenters. The van der Waals surface area contributed by atoms with E-state index in [4.69, 9.17) is 11.6 Å². The summed E-state index contributed by atoms with van der Waals surface area (Å²) < 4.78 is 30.7. The summed E-state index contributed by atoms with van der Waals surface area (Å²) in [5.41, 5.74) is 0.155. The van der Waals surface area contributed by atoms with Crippen molar-refractivity contribution >= 4 is 40.3 Å². The molecular formula is C27H23ClF2N4O3. The number of amides is 1. The van der Waals surface area contributed by atoms with Crippen molar-refractivity contribution < 1.29 is 23.5 Å². The molecule has 7 nitrogen and oxygen atoms in total. The molecule has 0 radical (unpaired) electrons. The monoisotopic (exact) mass is 524 g/mol. The van der Waals surface area contributed by atoms with Crippen LogP contribution in [0.3, 0.4) is 0 Å². The molecule has 5 rings (SSSR count). The van der Waals surface area contributed by atoms with Crippen LogP contribution >= 0.6 is 11.6 Å². The number of carboxylic acids is 1. The van der Waals surface area contributed by atoms with Crippen molar-refractivity contribution in [3.63, 3.8) is 0 Å². The highest BCUT2D eigenvalue weighted by Gasteiger charge is 2.45. The standard InChI is InChI=1S/C27H23ClF2N4O3/c1-16(35)33(24-10-7-18(15-31-24)26(36)37)27(11-3-2-4-12-27)34-23-14-21(30)20(29)13-22(23)32-25(34)17-5-8-19(28)9-6-17/h5-10,13-15H,2-4,11-12H2,1H3,(H,36,37). The second-order valence-corrected chi connectivity index (χ2v) is 9.58. The SMILES string of the molecule is CC(=O)N(c1ccc(C(=O)O)cn1)C1(n2c(-c3ccc(Cl)cc3)nc3cc(F)c(F)cc32)CCCCC1. The van der Waals surface area contributed by atoms with E-state index in [1.54, 1.807) is 28.8 Å². The van der Waals surface area contributed by atoms with Gasteiger partial charge in [-0.25, -0.2) is 23.5 Å². The fourth-order valence-corrected chi connectivity index (χ4v) is 5.39. The van der Waals surface area contributed by atoms with Gasteiger partial charge >= 0.3 is 5.97 Å². The Hall–Kier alpha value is -3.85. The van der Waals surface area contributed by atoms with Crippen molar-refractivity contribution in [3.8, 4) is 11.4 Å². The third-order valence-corrected chi connectivity index (χ3v) is 7.08. The van der Waals surface area contributed by atoms with E-state index < -0.39 is 23.3 Å². The van der Waals surface area contributed by atoms with Gasteiger partial charge in [0.2, 0.25) is 5.91 Å². The Morgan fingerprint density at radius 2 is 1.70 bits per heavy atom. The summed E-state index contributed by atoms with van der Waals surface area (Å²) in [6, 6.07) is 12.0. The molecule has 2 heterocycles. The van der Waals surface area contributed by atoms with Crippen LogP contribution in [-0.2, 0) is 10.5 Å². The van der Waals surface area contributed by atoms with Gasteiger partial charge in [0, 0.05) is 35.8 Å². The number of halogens is 3. The minimum atomic E-state index is -1.14. The number of carboxylic acid groups (broad SMARTS) is 1. The van der Waals surface area contributed by atoms with E-state index in [9.17, 15) is 23.5 Å². The van der Waals surface area contributed by atoms with Gasteiger partial charge in [0.05, 0.1) is 16.6 Å². The summed E-state index contributed by atoms with van der Waals surface area (Å²) >= 11 is 6.11. The molecule has 2 aromatic carbocycles. The Morgan fingerprint density at radius 3 is 2.30 bits per heavy atom. The number of aromatic carboxylic acids is 1. The summed E-state index contributed by atoms with van der Waals surface area (Å²) in [6.45, 7) is 1.41. The first kappa shape index (κ1) is 24.8. The highest BCUT2D eigenvalue weighted by atomic mass is 35.5. The van der Waals surface area contributed by atoms with Gasteiger partial charge in [-0.2, -0.15) is 0 Å². The van der Waals surface area contributed by atoms with Crippen LogP contribution in [0.5, 0.6) is 0 Å². The highest BCUT2D eigenvalue weighted by Crippen LogP contribution is 2.45. The molecule has 0 saturated heterocycles. The van der Waals surface area contributed by atoms with Gasteiger partial charge < -0.3 is 5.11 Å². The number of anilines is 1. The largest absolute Gasteiger partial charge is 0.478 e. The van der Waals surface area contributed by atoms with E-state index in [2.05, 4.69) is 9.97 Å². The second kappa shape index (κ2) is 9.55. The molecule has 0 spiro atoms. The predicted molar refractivity (Wildman–Crippen MR) is 136 cm³/mol. The van der Waals surface area contributed by atoms with E-state index in [0.29, 0.717) is 34.8 Å². The van der Waals surface area contributed by atoms with E-state index in [-0.39, 0.29) is 22.8 Å². The number of pyridine rings is 1. The summed E-state index contributed by atoms with van der Waals surface area (Å²) in [4.78, 5) is 35.2. The van der Waals surface area contributed by atoms with Crippen molar-refractivity contribution in [2.24, 2.45) is 0 Å². The van der Waals surface area contributed by atoms with Gasteiger partial charge in [0.15, 0.2) is 11.6 Å². The summed E-state index contributed by atoms with van der Waals surface area (Å²) in [7, 11) is 0. The van der Waals surface area contributed by atoms with Crippen LogP contribution in [-0.4, -0.2) is 31.5 Å². The fourth-order valence-electron chi connectivity index (χ4n) is 5.26. The van der Waals surface area contributed by atoms with Gasteiger partial charge in [0.25, 0.3) is 0 Å². The lowest BCUT2D eigenvalue weighted by molar-refractivity contribution is -0.119. The number of carbonyl (C=O) groups is 2. The number of hydrogen-bond donors (Lipinski definition) is 1. The molecule has 1 aliphatic rings. The third kappa shape index (κ3) is 4.33. The van der Waals surface area contributed by atoms with E-state index in [1.165, 1.54) is 30.2 Å². The Balaban J connectivity index is 1.82. The molecule has 1 saturated carbocycles. The van der Waals surface area contributed by atoms with Gasteiger partial charge in [-0.05, 0) is 62.1 Å². The molecule has 0 bridgehead atoms. The minimum absolute atomic E-state index is 0.0163. The zero-order valence-electron chi connectivity index (χ0n) is 19.9. The Labute approximate surface area is 216 Å². The van der Waals surface area contributed by atoms with Gasteiger partial charge in [-0.3, -0.25) is 14.3 Å². The summed E-state index contributed by atoms with van der Waals surface area (Å²) in [6.07, 6.45) is 4.66. The lowest BCUT2D eigenvalue weighted by Crippen LogP contribution is -2.55. The molecule has 0 unspecified atom stereocenters. The normalized spacial score (nSPS) is 15.0. The lowest BCUT2D eigenvalue weighted by Gasteiger charge is -2.47. The molecule has 0 aliphatic heterocycles. The lowest BCUT2D eigenvalue weighted by atomic mass is 9.86. The van der Waals surface area contributed by atoms with E-state index in [1.807, 2.05) is 0 Å². The molecule has 1 N–H and O–H groups in total. The highest BCUT2D eigenvalue weighted by molar-refractivity contribution is 6.30. The van der Waals surface area contributed by atoms with Crippen molar-refractivity contribution in [2.45, 2.75) is 44.7 Å². The molecule has 190 valence electrons. The van der Waals surface area contributed by atoms with Crippen LogP contribution in [0.15, 0.2) is 54.7 Å². The van der Waals surface area contributed by atoms with Crippen molar-refractivity contribution in [2.75, 3.05) is 4.90 Å². The average Bonchev–Trinajstić information content (AvgIpc) is 3.24. The second-order valence-electron chi connectivity index (χ2n) is 9.14. The van der Waals surface area contributed by atoms with E-state index >= 15 is 0 Å². The van der Waals surface area contributed by atoms with Crippen molar-refractivity contribution in [3.05, 3.63) is 76.9 Å². The molecule has 1 amide bonds. The number of carbonyl (C=O) groups excluding carboxylic acids is 1. The molecule has 37 heavy (non-hydrogen) atoms. The van der Waals surface area contributed by atoms with Crippen LogP contribution in [0.1, 0.15) is 49.4 Å². The zero-order chi connectivity index (χ0) is 26.3. The summed E-state index contributed by atoms with van der Waals surface area (Å²) in [5, 5.41) is 9.83. The molecule has 4 aromatic rings. The maximum atomic E-state index is 14.6. The number of fused-ring (bicyclic) bond motifs is 1. The smallest absolute Gasteiger partial charge is 0.337 e. The zero-order valence-corrected chi connectivity index (χ0v) is 20.7. The topological polar surface area (TPSA) is 88.3 Å². The van der Waals surface area contributed by atoms with Gasteiger partial charge in [-0.1, -0.05) is 18.0 Å². The predicted octanol–water partition coefficient (Wildman–Crippen LogP) is 6.40. The number of imidazole rings is 1. The molecular weight excluding hydrogens is 502 g/mol. The molecule has 1 fully saturated rings.